The van der Waals surface area contributed by atoms with E-state index in [2.05, 4.69) is 0 Å². The fourth-order valence-corrected chi connectivity index (χ4v) is 1.41. The van der Waals surface area contributed by atoms with Gasteiger partial charge < -0.3 is 9.90 Å². The van der Waals surface area contributed by atoms with Gasteiger partial charge in [0.25, 0.3) is 0 Å². The van der Waals surface area contributed by atoms with E-state index in [9.17, 15) is 9.59 Å². The molecule has 2 atom stereocenters. The van der Waals surface area contributed by atoms with E-state index in [0.29, 0.717) is 19.4 Å². The minimum Gasteiger partial charge on any atom is -0.480 e. The van der Waals surface area contributed by atoms with E-state index in [1.54, 1.807) is 11.8 Å². The number of carboxylic acid groups (broad SMARTS) is 1. The second-order valence-corrected chi connectivity index (χ2v) is 3.00. The number of carbonyl (C=O) groups is 2. The normalized spacial score (nSPS) is 15.4. The zero-order chi connectivity index (χ0) is 10.4. The van der Waals surface area contributed by atoms with Crippen LogP contribution in [0.4, 0.5) is 0 Å². The molecule has 0 rings (SSSR count). The van der Waals surface area contributed by atoms with E-state index >= 15 is 0 Å². The summed E-state index contributed by atoms with van der Waals surface area (Å²) in [7, 11) is 0. The van der Waals surface area contributed by atoms with Crippen molar-refractivity contribution in [2.24, 2.45) is 5.92 Å². The molecule has 0 spiro atoms. The Balaban J connectivity index is 4.56. The van der Waals surface area contributed by atoms with Crippen LogP contribution < -0.4 is 0 Å². The van der Waals surface area contributed by atoms with E-state index in [-0.39, 0.29) is 0 Å². The van der Waals surface area contributed by atoms with Gasteiger partial charge in [0.15, 0.2) is 0 Å². The Labute approximate surface area is 78.5 Å². The standard InChI is InChI=1S/C9H17NO3/c1-4-10(5-2)8(9(12)13)7(3)6-11/h6-8H,4-5H2,1-3H3,(H,12,13). The smallest absolute Gasteiger partial charge is 0.321 e. The first-order valence-corrected chi connectivity index (χ1v) is 4.50. The molecule has 0 heterocycles. The van der Waals surface area contributed by atoms with E-state index in [0.717, 1.165) is 0 Å². The van der Waals surface area contributed by atoms with Gasteiger partial charge in [-0.1, -0.05) is 20.8 Å². The third-order valence-electron chi connectivity index (χ3n) is 2.17. The summed E-state index contributed by atoms with van der Waals surface area (Å²) < 4.78 is 0. The molecule has 4 heteroatoms. The van der Waals surface area contributed by atoms with Crippen molar-refractivity contribution in [2.75, 3.05) is 13.1 Å². The molecule has 1 N–H and O–H groups in total. The van der Waals surface area contributed by atoms with Crippen molar-refractivity contribution in [1.82, 2.24) is 4.90 Å². The highest BCUT2D eigenvalue weighted by molar-refractivity contribution is 5.78. The molecule has 0 aromatic rings. The number of hydrogen-bond donors (Lipinski definition) is 1. The first kappa shape index (κ1) is 12.1. The van der Waals surface area contributed by atoms with Crippen LogP contribution in [0.1, 0.15) is 20.8 Å². The lowest BCUT2D eigenvalue weighted by atomic mass is 10.0. The molecule has 76 valence electrons. The number of aldehydes is 1. The van der Waals surface area contributed by atoms with Gasteiger partial charge in [0.2, 0.25) is 0 Å². The van der Waals surface area contributed by atoms with Crippen molar-refractivity contribution < 1.29 is 14.7 Å². The topological polar surface area (TPSA) is 57.6 Å². The van der Waals surface area contributed by atoms with Gasteiger partial charge in [-0.25, -0.2) is 0 Å². The molecule has 13 heavy (non-hydrogen) atoms. The van der Waals surface area contributed by atoms with E-state index in [4.69, 9.17) is 5.11 Å². The zero-order valence-corrected chi connectivity index (χ0v) is 8.36. The largest absolute Gasteiger partial charge is 0.480 e. The van der Waals surface area contributed by atoms with Crippen LogP contribution in [0.5, 0.6) is 0 Å². The van der Waals surface area contributed by atoms with Gasteiger partial charge >= 0.3 is 5.97 Å². The molecule has 0 fully saturated rings. The number of likely N-dealkylation sites (N-methyl/N-ethyl adjacent to an activating group) is 1. The highest BCUT2D eigenvalue weighted by Gasteiger charge is 2.28. The summed E-state index contributed by atoms with van der Waals surface area (Å²) >= 11 is 0. The fourth-order valence-electron chi connectivity index (χ4n) is 1.41. The maximum atomic E-state index is 10.9. The van der Waals surface area contributed by atoms with Gasteiger partial charge in [0.1, 0.15) is 12.3 Å². The van der Waals surface area contributed by atoms with Crippen LogP contribution in [0.15, 0.2) is 0 Å². The van der Waals surface area contributed by atoms with Gasteiger partial charge in [0.05, 0.1) is 0 Å². The Morgan fingerprint density at radius 2 is 1.92 bits per heavy atom. The molecule has 0 aromatic carbocycles. The summed E-state index contributed by atoms with van der Waals surface area (Å²) in [6.07, 6.45) is 0.692. The van der Waals surface area contributed by atoms with Crippen molar-refractivity contribution in [3.05, 3.63) is 0 Å². The average Bonchev–Trinajstić information content (AvgIpc) is 2.12. The second kappa shape index (κ2) is 5.70. The highest BCUT2D eigenvalue weighted by Crippen LogP contribution is 2.09. The Bertz CT molecular complexity index is 178. The maximum absolute atomic E-state index is 10.9. The summed E-state index contributed by atoms with van der Waals surface area (Å²) in [4.78, 5) is 23.1. The summed E-state index contributed by atoms with van der Waals surface area (Å²) in [5.74, 6) is -1.39. The van der Waals surface area contributed by atoms with E-state index in [1.807, 2.05) is 13.8 Å². The summed E-state index contributed by atoms with van der Waals surface area (Å²) in [6, 6.07) is -0.688. The number of hydrogen-bond acceptors (Lipinski definition) is 3. The van der Waals surface area contributed by atoms with Crippen LogP contribution in [0.3, 0.4) is 0 Å². The molecule has 0 aliphatic heterocycles. The number of carboxylic acids is 1. The van der Waals surface area contributed by atoms with Gasteiger partial charge in [-0.15, -0.1) is 0 Å². The minimum absolute atomic E-state index is 0.461. The summed E-state index contributed by atoms with van der Waals surface area (Å²) in [5, 5.41) is 8.91. The first-order valence-electron chi connectivity index (χ1n) is 4.50. The van der Waals surface area contributed by atoms with E-state index in [1.165, 1.54) is 0 Å². The number of nitrogens with zero attached hydrogens (tertiary/aromatic N) is 1. The minimum atomic E-state index is -0.928. The molecule has 4 nitrogen and oxygen atoms in total. The molecule has 0 aliphatic rings. The molecule has 0 aromatic heterocycles. The van der Waals surface area contributed by atoms with Crippen LogP contribution in [0, 0.1) is 5.92 Å². The lowest BCUT2D eigenvalue weighted by Crippen LogP contribution is -2.45. The SMILES string of the molecule is CCN(CC)C(C(=O)O)C(C)C=O. The van der Waals surface area contributed by atoms with Crippen molar-refractivity contribution in [1.29, 1.82) is 0 Å². The molecule has 0 bridgehead atoms. The van der Waals surface area contributed by atoms with Crippen LogP contribution >= 0.6 is 0 Å². The van der Waals surface area contributed by atoms with Crippen molar-refractivity contribution >= 4 is 12.3 Å². The Morgan fingerprint density at radius 1 is 1.46 bits per heavy atom. The highest BCUT2D eigenvalue weighted by atomic mass is 16.4. The number of carbonyl (C=O) groups excluding carboxylic acids is 1. The Hall–Kier alpha value is -0.900. The van der Waals surface area contributed by atoms with Crippen molar-refractivity contribution in [3.8, 4) is 0 Å². The molecule has 0 aliphatic carbocycles. The lowest BCUT2D eigenvalue weighted by molar-refractivity contribution is -0.146. The molecule has 0 amide bonds. The molecule has 0 saturated heterocycles. The molecule has 0 saturated carbocycles. The lowest BCUT2D eigenvalue weighted by Gasteiger charge is -2.28. The molecular weight excluding hydrogens is 170 g/mol. The molecular formula is C9H17NO3. The fraction of sp³-hybridized carbons (Fsp3) is 0.778. The zero-order valence-electron chi connectivity index (χ0n) is 8.36. The predicted octanol–water partition coefficient (Wildman–Crippen LogP) is 0.616. The maximum Gasteiger partial charge on any atom is 0.321 e. The summed E-state index contributed by atoms with van der Waals surface area (Å²) in [5.41, 5.74) is 0. The Morgan fingerprint density at radius 3 is 2.15 bits per heavy atom. The van der Waals surface area contributed by atoms with Crippen LogP contribution in [-0.4, -0.2) is 41.4 Å². The van der Waals surface area contributed by atoms with Crippen LogP contribution in [0.25, 0.3) is 0 Å². The third-order valence-corrected chi connectivity index (χ3v) is 2.17. The molecule has 2 unspecified atom stereocenters. The number of rotatable bonds is 6. The van der Waals surface area contributed by atoms with Crippen molar-refractivity contribution in [2.45, 2.75) is 26.8 Å². The Kier molecular flexibility index (Phi) is 5.30. The van der Waals surface area contributed by atoms with Gasteiger partial charge in [-0.2, -0.15) is 0 Å². The predicted molar refractivity (Wildman–Crippen MR) is 49.6 cm³/mol. The van der Waals surface area contributed by atoms with Gasteiger partial charge in [0, 0.05) is 5.92 Å². The third kappa shape index (κ3) is 3.14. The van der Waals surface area contributed by atoms with E-state index < -0.39 is 17.9 Å². The van der Waals surface area contributed by atoms with Gasteiger partial charge in [-0.3, -0.25) is 9.69 Å². The quantitative estimate of drug-likeness (QED) is 0.619. The van der Waals surface area contributed by atoms with Crippen molar-refractivity contribution in [3.63, 3.8) is 0 Å². The van der Waals surface area contributed by atoms with Crippen LogP contribution in [0.2, 0.25) is 0 Å². The molecule has 0 radical (unpaired) electrons. The summed E-state index contributed by atoms with van der Waals surface area (Å²) in [6.45, 7) is 6.69. The first-order chi connectivity index (χ1) is 6.08. The monoisotopic (exact) mass is 187 g/mol. The number of aliphatic carboxylic acids is 1. The van der Waals surface area contributed by atoms with Gasteiger partial charge in [-0.05, 0) is 13.1 Å². The second-order valence-electron chi connectivity index (χ2n) is 3.00. The average molecular weight is 187 g/mol. The van der Waals surface area contributed by atoms with Crippen LogP contribution in [-0.2, 0) is 9.59 Å².